The first-order chi connectivity index (χ1) is 7.15. The molecule has 2 N–H and O–H groups in total. The summed E-state index contributed by atoms with van der Waals surface area (Å²) in [7, 11) is 0. The van der Waals surface area contributed by atoms with E-state index in [9.17, 15) is 4.79 Å². The van der Waals surface area contributed by atoms with Crippen molar-refractivity contribution < 1.29 is 9.53 Å². The van der Waals surface area contributed by atoms with Crippen molar-refractivity contribution in [2.24, 2.45) is 5.73 Å². The summed E-state index contributed by atoms with van der Waals surface area (Å²) in [6.07, 6.45) is 1.68. The number of nitrogens with two attached hydrogens (primary N) is 1. The third-order valence-corrected chi connectivity index (χ3v) is 2.86. The molecule has 1 rings (SSSR count). The zero-order valence-electron chi connectivity index (χ0n) is 9.37. The Morgan fingerprint density at radius 1 is 1.53 bits per heavy atom. The fraction of sp³-hybridized carbons (Fsp3) is 0.727. The van der Waals surface area contributed by atoms with Crippen LogP contribution in [0.25, 0.3) is 0 Å². The number of ether oxygens (including phenoxy) is 1. The van der Waals surface area contributed by atoms with E-state index in [1.165, 1.54) is 0 Å². The van der Waals surface area contributed by atoms with Crippen LogP contribution in [0.5, 0.6) is 0 Å². The molecule has 0 aliphatic carbocycles. The van der Waals surface area contributed by atoms with Gasteiger partial charge in [0.2, 0.25) is 5.91 Å². The molecule has 4 nitrogen and oxygen atoms in total. The summed E-state index contributed by atoms with van der Waals surface area (Å²) in [5, 5.41) is 0. The fourth-order valence-electron chi connectivity index (χ4n) is 1.86. The van der Waals surface area contributed by atoms with E-state index in [0.717, 1.165) is 32.7 Å². The molecule has 1 aliphatic heterocycles. The van der Waals surface area contributed by atoms with Crippen LogP contribution in [0.2, 0.25) is 0 Å². The standard InChI is InChI=1S/C11H20N2O2/c1-3-10(8-9(2)11(12)14)13-4-6-15-7-5-13/h10H,2-8H2,1H3,(H2,12,14). The van der Waals surface area contributed by atoms with Gasteiger partial charge in [-0.25, -0.2) is 0 Å². The molecule has 1 aliphatic rings. The summed E-state index contributed by atoms with van der Waals surface area (Å²) in [4.78, 5) is 13.3. The van der Waals surface area contributed by atoms with Crippen molar-refractivity contribution in [1.82, 2.24) is 4.90 Å². The maximum Gasteiger partial charge on any atom is 0.244 e. The van der Waals surface area contributed by atoms with E-state index < -0.39 is 0 Å². The van der Waals surface area contributed by atoms with Gasteiger partial charge in [0.1, 0.15) is 0 Å². The average Bonchev–Trinajstić information content (AvgIpc) is 2.26. The van der Waals surface area contributed by atoms with Crippen molar-refractivity contribution in [3.05, 3.63) is 12.2 Å². The van der Waals surface area contributed by atoms with Gasteiger partial charge in [-0.2, -0.15) is 0 Å². The van der Waals surface area contributed by atoms with E-state index in [1.807, 2.05) is 0 Å². The summed E-state index contributed by atoms with van der Waals surface area (Å²) in [5.74, 6) is -0.387. The Balaban J connectivity index is 2.46. The summed E-state index contributed by atoms with van der Waals surface area (Å²) in [6.45, 7) is 9.25. The predicted octanol–water partition coefficient (Wildman–Crippen LogP) is 0.529. The normalized spacial score (nSPS) is 19.8. The van der Waals surface area contributed by atoms with Crippen molar-refractivity contribution in [3.8, 4) is 0 Å². The number of nitrogens with zero attached hydrogens (tertiary/aromatic N) is 1. The van der Waals surface area contributed by atoms with E-state index in [0.29, 0.717) is 18.0 Å². The molecule has 4 heteroatoms. The van der Waals surface area contributed by atoms with Gasteiger partial charge in [0.05, 0.1) is 13.2 Å². The summed E-state index contributed by atoms with van der Waals surface area (Å²) in [5.41, 5.74) is 5.71. The van der Waals surface area contributed by atoms with Crippen LogP contribution in [0.1, 0.15) is 19.8 Å². The first kappa shape index (κ1) is 12.2. The topological polar surface area (TPSA) is 55.6 Å². The molecule has 86 valence electrons. The van der Waals surface area contributed by atoms with Crippen LogP contribution in [-0.2, 0) is 9.53 Å². The van der Waals surface area contributed by atoms with Crippen LogP contribution in [0.15, 0.2) is 12.2 Å². The monoisotopic (exact) mass is 212 g/mol. The molecule has 1 saturated heterocycles. The van der Waals surface area contributed by atoms with Gasteiger partial charge in [-0.1, -0.05) is 13.5 Å². The second-order valence-corrected chi connectivity index (χ2v) is 3.88. The van der Waals surface area contributed by atoms with Gasteiger partial charge in [-0.15, -0.1) is 0 Å². The Kier molecular flexibility index (Phi) is 4.78. The van der Waals surface area contributed by atoms with Gasteiger partial charge < -0.3 is 10.5 Å². The molecule has 15 heavy (non-hydrogen) atoms. The predicted molar refractivity (Wildman–Crippen MR) is 59.4 cm³/mol. The number of rotatable bonds is 5. The lowest BCUT2D eigenvalue weighted by Crippen LogP contribution is -2.43. The lowest BCUT2D eigenvalue weighted by molar-refractivity contribution is -0.114. The van der Waals surface area contributed by atoms with E-state index in [2.05, 4.69) is 18.4 Å². The molecular weight excluding hydrogens is 192 g/mol. The summed E-state index contributed by atoms with van der Waals surface area (Å²) in [6, 6.07) is 0.369. The van der Waals surface area contributed by atoms with Crippen molar-refractivity contribution >= 4 is 5.91 Å². The van der Waals surface area contributed by atoms with Crippen molar-refractivity contribution in [2.75, 3.05) is 26.3 Å². The van der Waals surface area contributed by atoms with Crippen molar-refractivity contribution in [2.45, 2.75) is 25.8 Å². The van der Waals surface area contributed by atoms with Gasteiger partial charge in [0, 0.05) is 24.7 Å². The molecule has 0 aromatic rings. The number of morpholine rings is 1. The van der Waals surface area contributed by atoms with E-state index >= 15 is 0 Å². The number of hydrogen-bond acceptors (Lipinski definition) is 3. The minimum Gasteiger partial charge on any atom is -0.379 e. The highest BCUT2D eigenvalue weighted by Gasteiger charge is 2.21. The zero-order chi connectivity index (χ0) is 11.3. The van der Waals surface area contributed by atoms with Crippen LogP contribution in [0.3, 0.4) is 0 Å². The molecule has 1 atom stereocenters. The molecule has 1 unspecified atom stereocenters. The lowest BCUT2D eigenvalue weighted by atomic mass is 10.0. The summed E-state index contributed by atoms with van der Waals surface area (Å²) >= 11 is 0. The Morgan fingerprint density at radius 3 is 2.60 bits per heavy atom. The van der Waals surface area contributed by atoms with E-state index in [-0.39, 0.29) is 5.91 Å². The molecule has 0 aromatic carbocycles. The van der Waals surface area contributed by atoms with E-state index in [4.69, 9.17) is 10.5 Å². The number of hydrogen-bond donors (Lipinski definition) is 1. The molecule has 1 amide bonds. The minimum atomic E-state index is -0.387. The largest absolute Gasteiger partial charge is 0.379 e. The number of carbonyl (C=O) groups is 1. The van der Waals surface area contributed by atoms with Gasteiger partial charge in [-0.05, 0) is 12.8 Å². The second-order valence-electron chi connectivity index (χ2n) is 3.88. The Hall–Kier alpha value is -0.870. The van der Waals surface area contributed by atoms with E-state index in [1.54, 1.807) is 0 Å². The van der Waals surface area contributed by atoms with Gasteiger partial charge in [-0.3, -0.25) is 9.69 Å². The highest BCUT2D eigenvalue weighted by Crippen LogP contribution is 2.15. The fourth-order valence-corrected chi connectivity index (χ4v) is 1.86. The molecule has 1 fully saturated rings. The zero-order valence-corrected chi connectivity index (χ0v) is 9.37. The van der Waals surface area contributed by atoms with Crippen LogP contribution in [-0.4, -0.2) is 43.2 Å². The highest BCUT2D eigenvalue weighted by atomic mass is 16.5. The quantitative estimate of drug-likeness (QED) is 0.676. The van der Waals surface area contributed by atoms with Gasteiger partial charge >= 0.3 is 0 Å². The molecule has 0 saturated carbocycles. The maximum absolute atomic E-state index is 10.9. The molecule has 1 heterocycles. The molecule has 0 bridgehead atoms. The van der Waals surface area contributed by atoms with Gasteiger partial charge in [0.15, 0.2) is 0 Å². The molecule has 0 spiro atoms. The molecule has 0 radical (unpaired) electrons. The van der Waals surface area contributed by atoms with Crippen molar-refractivity contribution in [3.63, 3.8) is 0 Å². The average molecular weight is 212 g/mol. The van der Waals surface area contributed by atoms with Crippen molar-refractivity contribution in [1.29, 1.82) is 0 Å². The number of primary amides is 1. The SMILES string of the molecule is C=C(CC(CC)N1CCOCC1)C(N)=O. The van der Waals surface area contributed by atoms with Crippen LogP contribution in [0.4, 0.5) is 0 Å². The minimum absolute atomic E-state index is 0.369. The highest BCUT2D eigenvalue weighted by molar-refractivity contribution is 5.91. The third-order valence-electron chi connectivity index (χ3n) is 2.86. The first-order valence-corrected chi connectivity index (χ1v) is 5.44. The first-order valence-electron chi connectivity index (χ1n) is 5.44. The Labute approximate surface area is 91.1 Å². The summed E-state index contributed by atoms with van der Waals surface area (Å²) < 4.78 is 5.29. The Bertz CT molecular complexity index is 235. The second kappa shape index (κ2) is 5.88. The number of amides is 1. The number of carbonyl (C=O) groups excluding carboxylic acids is 1. The third kappa shape index (κ3) is 3.64. The Morgan fingerprint density at radius 2 is 2.13 bits per heavy atom. The smallest absolute Gasteiger partial charge is 0.244 e. The molecular formula is C11H20N2O2. The van der Waals surface area contributed by atoms with Crippen LogP contribution < -0.4 is 5.73 Å². The maximum atomic E-state index is 10.9. The van der Waals surface area contributed by atoms with Gasteiger partial charge in [0.25, 0.3) is 0 Å². The molecule has 0 aromatic heterocycles. The lowest BCUT2D eigenvalue weighted by Gasteiger charge is -2.34. The van der Waals surface area contributed by atoms with Crippen LogP contribution in [0, 0.1) is 0 Å². The van der Waals surface area contributed by atoms with Crippen LogP contribution >= 0.6 is 0 Å².